The molecule has 2 aromatic rings. The lowest BCUT2D eigenvalue weighted by Gasteiger charge is -2.13. The number of hydrogen-bond donors (Lipinski definition) is 1. The predicted molar refractivity (Wildman–Crippen MR) is 103 cm³/mol. The number of anilines is 2. The Labute approximate surface area is 160 Å². The van der Waals surface area contributed by atoms with Crippen LogP contribution in [0.3, 0.4) is 0 Å². The van der Waals surface area contributed by atoms with Gasteiger partial charge in [-0.15, -0.1) is 11.3 Å². The van der Waals surface area contributed by atoms with Crippen LogP contribution in [0.15, 0.2) is 24.3 Å². The minimum Gasteiger partial charge on any atom is -0.462 e. The van der Waals surface area contributed by atoms with Gasteiger partial charge in [-0.05, 0) is 50.6 Å². The molecular formula is C19H20N2O5S. The highest BCUT2D eigenvalue weighted by atomic mass is 32.1. The summed E-state index contributed by atoms with van der Waals surface area (Å²) in [6.45, 7) is 6.57. The Morgan fingerprint density at radius 2 is 1.96 bits per heavy atom. The average molecular weight is 388 g/mol. The molecule has 0 aliphatic carbocycles. The van der Waals surface area contributed by atoms with Gasteiger partial charge in [0.05, 0.1) is 18.7 Å². The van der Waals surface area contributed by atoms with Crippen molar-refractivity contribution >= 4 is 40.0 Å². The van der Waals surface area contributed by atoms with Crippen molar-refractivity contribution in [1.29, 1.82) is 0 Å². The van der Waals surface area contributed by atoms with Gasteiger partial charge in [-0.25, -0.2) is 9.59 Å². The van der Waals surface area contributed by atoms with Gasteiger partial charge in [-0.2, -0.15) is 0 Å². The van der Waals surface area contributed by atoms with E-state index in [1.165, 1.54) is 16.2 Å². The number of nitrogens with zero attached hydrogens (tertiary/aromatic N) is 1. The zero-order valence-corrected chi connectivity index (χ0v) is 16.1. The fourth-order valence-corrected chi connectivity index (χ4v) is 3.80. The molecule has 0 unspecified atom stereocenters. The summed E-state index contributed by atoms with van der Waals surface area (Å²) in [5, 5.41) is 3.27. The molecule has 0 atom stereocenters. The molecule has 142 valence electrons. The zero-order valence-electron chi connectivity index (χ0n) is 15.3. The number of thiophene rings is 1. The van der Waals surface area contributed by atoms with E-state index in [1.807, 2.05) is 13.8 Å². The number of nitrogens with one attached hydrogen (secondary N) is 1. The molecule has 1 aromatic carbocycles. The molecule has 0 bridgehead atoms. The van der Waals surface area contributed by atoms with Gasteiger partial charge in [0.2, 0.25) is 0 Å². The molecule has 2 heterocycles. The van der Waals surface area contributed by atoms with Crippen LogP contribution in [-0.2, 0) is 9.47 Å². The van der Waals surface area contributed by atoms with E-state index >= 15 is 0 Å². The SMILES string of the molecule is CCOC(=O)c1c(NC(=O)c2ccc(N3CCOC3=O)cc2)sc(C)c1C. The van der Waals surface area contributed by atoms with Crippen LogP contribution in [0.5, 0.6) is 0 Å². The second-order valence-electron chi connectivity index (χ2n) is 5.97. The molecule has 3 rings (SSSR count). The second kappa shape index (κ2) is 7.79. The van der Waals surface area contributed by atoms with Gasteiger partial charge in [-0.3, -0.25) is 9.69 Å². The summed E-state index contributed by atoms with van der Waals surface area (Å²) in [6, 6.07) is 6.65. The van der Waals surface area contributed by atoms with E-state index in [9.17, 15) is 14.4 Å². The van der Waals surface area contributed by atoms with Gasteiger partial charge >= 0.3 is 12.1 Å². The van der Waals surface area contributed by atoms with E-state index < -0.39 is 12.1 Å². The van der Waals surface area contributed by atoms with Crippen molar-refractivity contribution in [1.82, 2.24) is 0 Å². The molecule has 7 nitrogen and oxygen atoms in total. The largest absolute Gasteiger partial charge is 0.462 e. The Hall–Kier alpha value is -2.87. The number of ether oxygens (including phenoxy) is 2. The topological polar surface area (TPSA) is 84.9 Å². The molecule has 8 heteroatoms. The number of aryl methyl sites for hydroxylation is 1. The van der Waals surface area contributed by atoms with Gasteiger partial charge < -0.3 is 14.8 Å². The van der Waals surface area contributed by atoms with Crippen LogP contribution in [0.25, 0.3) is 0 Å². The molecule has 1 N–H and O–H groups in total. The van der Waals surface area contributed by atoms with Crippen molar-refractivity contribution in [2.75, 3.05) is 30.0 Å². The molecular weight excluding hydrogens is 368 g/mol. The van der Waals surface area contributed by atoms with Crippen LogP contribution in [-0.4, -0.2) is 37.7 Å². The fraction of sp³-hybridized carbons (Fsp3) is 0.316. The van der Waals surface area contributed by atoms with E-state index in [-0.39, 0.29) is 12.5 Å². The van der Waals surface area contributed by atoms with E-state index in [4.69, 9.17) is 9.47 Å². The number of esters is 1. The smallest absolute Gasteiger partial charge is 0.414 e. The first-order valence-corrected chi connectivity index (χ1v) is 9.36. The highest BCUT2D eigenvalue weighted by molar-refractivity contribution is 7.16. The number of benzene rings is 1. The van der Waals surface area contributed by atoms with E-state index in [0.717, 1.165) is 10.4 Å². The first-order chi connectivity index (χ1) is 12.9. The quantitative estimate of drug-likeness (QED) is 0.789. The maximum Gasteiger partial charge on any atom is 0.414 e. The maximum absolute atomic E-state index is 12.6. The van der Waals surface area contributed by atoms with Crippen LogP contribution in [0, 0.1) is 13.8 Å². The summed E-state index contributed by atoms with van der Waals surface area (Å²) in [7, 11) is 0. The summed E-state index contributed by atoms with van der Waals surface area (Å²) in [5.41, 5.74) is 2.29. The molecule has 1 saturated heterocycles. The van der Waals surface area contributed by atoms with Crippen molar-refractivity contribution in [2.45, 2.75) is 20.8 Å². The normalized spacial score (nSPS) is 13.4. The third kappa shape index (κ3) is 3.80. The van der Waals surface area contributed by atoms with Crippen molar-refractivity contribution in [3.8, 4) is 0 Å². The standard InChI is InChI=1S/C19H20N2O5S/c1-4-25-18(23)15-11(2)12(3)27-17(15)20-16(22)13-5-7-14(8-6-13)21-9-10-26-19(21)24/h5-8H,4,9-10H2,1-3H3,(H,20,22). The Balaban J connectivity index is 1.79. The minimum atomic E-state index is -0.447. The predicted octanol–water partition coefficient (Wildman–Crippen LogP) is 3.75. The summed E-state index contributed by atoms with van der Waals surface area (Å²) in [5.74, 6) is -0.783. The Morgan fingerprint density at radius 1 is 1.26 bits per heavy atom. The maximum atomic E-state index is 12.6. The van der Waals surface area contributed by atoms with E-state index in [2.05, 4.69) is 5.32 Å². The zero-order chi connectivity index (χ0) is 19.6. The molecule has 2 amide bonds. The molecule has 0 spiro atoms. The molecule has 0 radical (unpaired) electrons. The summed E-state index contributed by atoms with van der Waals surface area (Å²) in [4.78, 5) is 38.9. The van der Waals surface area contributed by atoms with Crippen LogP contribution in [0.1, 0.15) is 38.1 Å². The Morgan fingerprint density at radius 3 is 2.56 bits per heavy atom. The molecule has 1 aliphatic rings. The molecule has 1 aliphatic heterocycles. The number of hydrogen-bond acceptors (Lipinski definition) is 6. The highest BCUT2D eigenvalue weighted by Gasteiger charge is 2.24. The van der Waals surface area contributed by atoms with Gasteiger partial charge in [0.1, 0.15) is 11.6 Å². The second-order valence-corrected chi connectivity index (χ2v) is 7.20. The summed E-state index contributed by atoms with van der Waals surface area (Å²) >= 11 is 1.34. The van der Waals surface area contributed by atoms with Crippen molar-refractivity contribution < 1.29 is 23.9 Å². The molecule has 1 aromatic heterocycles. The Kier molecular flexibility index (Phi) is 5.46. The number of rotatable bonds is 5. The van der Waals surface area contributed by atoms with Crippen molar-refractivity contribution in [3.63, 3.8) is 0 Å². The lowest BCUT2D eigenvalue weighted by Crippen LogP contribution is -2.23. The van der Waals surface area contributed by atoms with E-state index in [0.29, 0.717) is 35.0 Å². The minimum absolute atomic E-state index is 0.265. The van der Waals surface area contributed by atoms with Crippen LogP contribution >= 0.6 is 11.3 Å². The Bertz CT molecular complexity index is 888. The molecule has 1 fully saturated rings. The number of carbonyl (C=O) groups is 3. The third-order valence-electron chi connectivity index (χ3n) is 4.29. The van der Waals surface area contributed by atoms with Gasteiger partial charge in [0.25, 0.3) is 5.91 Å². The summed E-state index contributed by atoms with van der Waals surface area (Å²) < 4.78 is 10.0. The monoisotopic (exact) mass is 388 g/mol. The van der Waals surface area contributed by atoms with Gasteiger partial charge in [0, 0.05) is 16.1 Å². The first-order valence-electron chi connectivity index (χ1n) is 8.55. The number of amides is 2. The lowest BCUT2D eigenvalue weighted by molar-refractivity contribution is 0.0527. The van der Waals surface area contributed by atoms with Gasteiger partial charge in [-0.1, -0.05) is 0 Å². The molecule has 0 saturated carbocycles. The lowest BCUT2D eigenvalue weighted by atomic mass is 10.1. The number of cyclic esters (lactones) is 1. The number of carbonyl (C=O) groups excluding carboxylic acids is 3. The van der Waals surface area contributed by atoms with Crippen molar-refractivity contribution in [3.05, 3.63) is 45.8 Å². The highest BCUT2D eigenvalue weighted by Crippen LogP contribution is 2.33. The summed E-state index contributed by atoms with van der Waals surface area (Å²) in [6.07, 6.45) is -0.393. The third-order valence-corrected chi connectivity index (χ3v) is 5.42. The van der Waals surface area contributed by atoms with Gasteiger partial charge in [0.15, 0.2) is 0 Å². The van der Waals surface area contributed by atoms with Crippen LogP contribution in [0.2, 0.25) is 0 Å². The van der Waals surface area contributed by atoms with E-state index in [1.54, 1.807) is 31.2 Å². The first kappa shape index (κ1) is 18.9. The molecule has 27 heavy (non-hydrogen) atoms. The van der Waals surface area contributed by atoms with Crippen LogP contribution < -0.4 is 10.2 Å². The van der Waals surface area contributed by atoms with Crippen LogP contribution in [0.4, 0.5) is 15.5 Å². The average Bonchev–Trinajstić information content (AvgIpc) is 3.18. The fourth-order valence-electron chi connectivity index (χ4n) is 2.76. The van der Waals surface area contributed by atoms with Crippen molar-refractivity contribution in [2.24, 2.45) is 0 Å².